The second-order valence-corrected chi connectivity index (χ2v) is 5.03. The third kappa shape index (κ3) is 4.92. The van der Waals surface area contributed by atoms with Crippen molar-refractivity contribution in [3.05, 3.63) is 0 Å². The van der Waals surface area contributed by atoms with Crippen molar-refractivity contribution in [3.63, 3.8) is 0 Å². The van der Waals surface area contributed by atoms with E-state index in [1.807, 2.05) is 0 Å². The number of hydrogen-bond acceptors (Lipinski definition) is 4. The highest BCUT2D eigenvalue weighted by Crippen LogP contribution is 2.37. The van der Waals surface area contributed by atoms with Crippen molar-refractivity contribution in [3.8, 4) is 0 Å². The van der Waals surface area contributed by atoms with Gasteiger partial charge in [0.15, 0.2) is 6.29 Å². The molecule has 4 heteroatoms. The van der Waals surface area contributed by atoms with Crippen LogP contribution in [0.5, 0.6) is 0 Å². The van der Waals surface area contributed by atoms with Gasteiger partial charge >= 0.3 is 0 Å². The normalized spacial score (nSPS) is 32.6. The van der Waals surface area contributed by atoms with Gasteiger partial charge in [-0.15, -0.1) is 0 Å². The summed E-state index contributed by atoms with van der Waals surface area (Å²) in [5.74, 6) is 1.10. The van der Waals surface area contributed by atoms with Crippen molar-refractivity contribution < 1.29 is 19.3 Å². The van der Waals surface area contributed by atoms with Crippen LogP contribution in [-0.4, -0.2) is 44.4 Å². The molecule has 0 aromatic heterocycles. The summed E-state index contributed by atoms with van der Waals surface area (Å²) in [7, 11) is 0. The minimum absolute atomic E-state index is 0.0194. The first-order valence-corrected chi connectivity index (χ1v) is 6.82. The van der Waals surface area contributed by atoms with Gasteiger partial charge in [0.1, 0.15) is 0 Å². The average Bonchev–Trinajstić information content (AvgIpc) is 3.13. The molecule has 1 saturated heterocycles. The molecule has 2 unspecified atom stereocenters. The Morgan fingerprint density at radius 1 is 1.18 bits per heavy atom. The van der Waals surface area contributed by atoms with Crippen molar-refractivity contribution in [1.29, 1.82) is 0 Å². The molecule has 3 atom stereocenters. The van der Waals surface area contributed by atoms with E-state index < -0.39 is 0 Å². The first kappa shape index (κ1) is 13.3. The monoisotopic (exact) mass is 244 g/mol. The summed E-state index contributed by atoms with van der Waals surface area (Å²) in [5, 5.41) is 8.87. The van der Waals surface area contributed by atoms with Crippen LogP contribution in [-0.2, 0) is 14.2 Å². The van der Waals surface area contributed by atoms with Crippen LogP contribution in [0.4, 0.5) is 0 Å². The lowest BCUT2D eigenvalue weighted by atomic mass is 10.2. The Kier molecular flexibility index (Phi) is 5.71. The van der Waals surface area contributed by atoms with Crippen LogP contribution in [0.15, 0.2) is 0 Å². The maximum Gasteiger partial charge on any atom is 0.157 e. The van der Waals surface area contributed by atoms with Crippen LogP contribution in [0.25, 0.3) is 0 Å². The Bertz CT molecular complexity index is 204. The van der Waals surface area contributed by atoms with E-state index in [0.717, 1.165) is 52.1 Å². The van der Waals surface area contributed by atoms with Gasteiger partial charge in [-0.25, -0.2) is 0 Å². The minimum atomic E-state index is 0.0194. The van der Waals surface area contributed by atoms with E-state index >= 15 is 0 Å². The Morgan fingerprint density at radius 3 is 2.82 bits per heavy atom. The van der Waals surface area contributed by atoms with Crippen LogP contribution in [0, 0.1) is 11.8 Å². The first-order chi connectivity index (χ1) is 8.40. The Balaban J connectivity index is 1.36. The van der Waals surface area contributed by atoms with Crippen molar-refractivity contribution in [2.24, 2.45) is 11.8 Å². The molecular formula is C13H24O4. The molecule has 0 aromatic carbocycles. The molecule has 1 heterocycles. The molecule has 0 bridgehead atoms. The lowest BCUT2D eigenvalue weighted by molar-refractivity contribution is -0.164. The maximum absolute atomic E-state index is 8.87. The molecular weight excluding hydrogens is 220 g/mol. The van der Waals surface area contributed by atoms with E-state index in [-0.39, 0.29) is 6.29 Å². The number of aliphatic hydroxyl groups is 1. The highest BCUT2D eigenvalue weighted by Gasteiger charge is 2.36. The van der Waals surface area contributed by atoms with Crippen molar-refractivity contribution in [1.82, 2.24) is 0 Å². The van der Waals surface area contributed by atoms with Crippen molar-refractivity contribution >= 4 is 0 Å². The number of aliphatic hydroxyl groups excluding tert-OH is 1. The molecule has 17 heavy (non-hydrogen) atoms. The third-order valence-electron chi connectivity index (χ3n) is 3.51. The molecule has 2 rings (SSSR count). The lowest BCUT2D eigenvalue weighted by Gasteiger charge is -2.22. The van der Waals surface area contributed by atoms with Gasteiger partial charge in [0.05, 0.1) is 6.61 Å². The van der Waals surface area contributed by atoms with E-state index in [1.165, 1.54) is 6.42 Å². The number of rotatable bonds is 8. The predicted molar refractivity (Wildman–Crippen MR) is 63.7 cm³/mol. The zero-order chi connectivity index (χ0) is 11.9. The van der Waals surface area contributed by atoms with Crippen molar-refractivity contribution in [2.75, 3.05) is 33.0 Å². The van der Waals surface area contributed by atoms with Gasteiger partial charge in [-0.05, 0) is 43.9 Å². The molecule has 4 nitrogen and oxygen atoms in total. The zero-order valence-corrected chi connectivity index (χ0v) is 10.5. The molecule has 2 fully saturated rings. The minimum Gasteiger partial charge on any atom is -0.396 e. The largest absolute Gasteiger partial charge is 0.396 e. The lowest BCUT2D eigenvalue weighted by Crippen LogP contribution is -2.23. The highest BCUT2D eigenvalue weighted by atomic mass is 16.7. The molecule has 2 aliphatic rings. The van der Waals surface area contributed by atoms with Gasteiger partial charge in [-0.3, -0.25) is 0 Å². The smallest absolute Gasteiger partial charge is 0.157 e. The van der Waals surface area contributed by atoms with E-state index in [0.29, 0.717) is 18.4 Å². The number of ether oxygens (including phenoxy) is 3. The van der Waals surface area contributed by atoms with E-state index in [2.05, 4.69) is 0 Å². The van der Waals surface area contributed by atoms with Crippen LogP contribution < -0.4 is 0 Å². The summed E-state index contributed by atoms with van der Waals surface area (Å²) in [4.78, 5) is 0. The first-order valence-electron chi connectivity index (χ1n) is 6.82. The highest BCUT2D eigenvalue weighted by molar-refractivity contribution is 4.85. The Morgan fingerprint density at radius 2 is 2.12 bits per heavy atom. The second kappa shape index (κ2) is 7.31. The van der Waals surface area contributed by atoms with Gasteiger partial charge < -0.3 is 19.3 Å². The van der Waals surface area contributed by atoms with E-state index in [4.69, 9.17) is 19.3 Å². The Hall–Kier alpha value is -0.160. The van der Waals surface area contributed by atoms with E-state index in [1.54, 1.807) is 0 Å². The van der Waals surface area contributed by atoms with Gasteiger partial charge in [0.2, 0.25) is 0 Å². The summed E-state index contributed by atoms with van der Waals surface area (Å²) in [6, 6.07) is 0. The third-order valence-corrected chi connectivity index (χ3v) is 3.51. The maximum atomic E-state index is 8.87. The van der Waals surface area contributed by atoms with Gasteiger partial charge in [-0.1, -0.05) is 0 Å². The summed E-state index contributed by atoms with van der Waals surface area (Å²) >= 11 is 0. The fraction of sp³-hybridized carbons (Fsp3) is 1.00. The zero-order valence-electron chi connectivity index (χ0n) is 10.5. The SMILES string of the molecule is OC[C@@H]1CC1COCCCOC1CCCCO1. The molecule has 100 valence electrons. The summed E-state index contributed by atoms with van der Waals surface area (Å²) in [5.41, 5.74) is 0. The molecule has 0 spiro atoms. The molecule has 1 aliphatic carbocycles. The van der Waals surface area contributed by atoms with Gasteiger partial charge in [-0.2, -0.15) is 0 Å². The molecule has 0 radical (unpaired) electrons. The average molecular weight is 244 g/mol. The standard InChI is InChI=1S/C13H24O4/c14-9-11-8-12(11)10-15-5-3-7-17-13-4-1-2-6-16-13/h11-14H,1-10H2/t11-,12?,13?/m0/s1. The summed E-state index contributed by atoms with van der Waals surface area (Å²) in [6.45, 7) is 3.42. The summed E-state index contributed by atoms with van der Waals surface area (Å²) < 4.78 is 16.6. The summed E-state index contributed by atoms with van der Waals surface area (Å²) in [6.07, 6.45) is 5.48. The van der Waals surface area contributed by atoms with Crippen LogP contribution in [0.3, 0.4) is 0 Å². The van der Waals surface area contributed by atoms with E-state index in [9.17, 15) is 0 Å². The Labute approximate surface area is 103 Å². The molecule has 1 saturated carbocycles. The van der Waals surface area contributed by atoms with Crippen molar-refractivity contribution in [2.45, 2.75) is 38.4 Å². The van der Waals surface area contributed by atoms with Crippen LogP contribution in [0.2, 0.25) is 0 Å². The molecule has 1 aliphatic heterocycles. The molecule has 1 N–H and O–H groups in total. The van der Waals surface area contributed by atoms with Crippen LogP contribution in [0.1, 0.15) is 32.1 Å². The van der Waals surface area contributed by atoms with Gasteiger partial charge in [0.25, 0.3) is 0 Å². The second-order valence-electron chi connectivity index (χ2n) is 5.03. The fourth-order valence-corrected chi connectivity index (χ4v) is 2.19. The van der Waals surface area contributed by atoms with Gasteiger partial charge in [0, 0.05) is 26.4 Å². The number of hydrogen-bond donors (Lipinski definition) is 1. The quantitative estimate of drug-likeness (QED) is 0.658. The molecule has 0 amide bonds. The fourth-order valence-electron chi connectivity index (χ4n) is 2.19. The topological polar surface area (TPSA) is 47.9 Å². The predicted octanol–water partition coefficient (Wildman–Crippen LogP) is 1.56. The molecule has 0 aromatic rings. The van der Waals surface area contributed by atoms with Crippen LogP contribution >= 0.6 is 0 Å².